The summed E-state index contributed by atoms with van der Waals surface area (Å²) in [6, 6.07) is 12.5. The molecule has 6 nitrogen and oxygen atoms in total. The van der Waals surface area contributed by atoms with Crippen LogP contribution in [0.5, 0.6) is 11.5 Å². The second-order valence-electron chi connectivity index (χ2n) is 3.88. The molecule has 0 spiro atoms. The van der Waals surface area contributed by atoms with E-state index in [1.165, 1.54) is 18.2 Å². The maximum atomic E-state index is 11.0. The van der Waals surface area contributed by atoms with Crippen LogP contribution in [0.25, 0.3) is 0 Å². The average Bonchev–Trinajstić information content (AvgIpc) is 2.47. The van der Waals surface area contributed by atoms with E-state index in [9.17, 15) is 10.1 Å². The van der Waals surface area contributed by atoms with Crippen LogP contribution in [0.4, 0.5) is 5.69 Å². The van der Waals surface area contributed by atoms with Gasteiger partial charge in [-0.05, 0) is 40.2 Å². The lowest BCUT2D eigenvalue weighted by Crippen LogP contribution is -1.96. The second-order valence-corrected chi connectivity index (χ2v) is 4.73. The first-order valence-electron chi connectivity index (χ1n) is 5.62. The molecule has 0 N–H and O–H groups in total. The van der Waals surface area contributed by atoms with E-state index >= 15 is 0 Å². The predicted octanol–water partition coefficient (Wildman–Crippen LogP) is 3.89. The zero-order valence-corrected chi connectivity index (χ0v) is 12.0. The molecule has 7 heteroatoms. The molecule has 2 rings (SSSR count). The summed E-state index contributed by atoms with van der Waals surface area (Å²) < 4.78 is 6.00. The molecule has 0 radical (unpaired) electrons. The lowest BCUT2D eigenvalue weighted by atomic mass is 10.2. The monoisotopic (exact) mass is 343 g/mol. The van der Waals surface area contributed by atoms with E-state index in [1.54, 1.807) is 12.1 Å². The van der Waals surface area contributed by atoms with Crippen molar-refractivity contribution in [3.05, 3.63) is 62.1 Å². The van der Waals surface area contributed by atoms with Crippen LogP contribution < -0.4 is 4.74 Å². The third-order valence-electron chi connectivity index (χ3n) is 2.59. The summed E-state index contributed by atoms with van der Waals surface area (Å²) in [5.41, 5.74) is 0.0536. The van der Waals surface area contributed by atoms with Gasteiger partial charge in [0, 0.05) is 10.5 Å². The summed E-state index contributed by atoms with van der Waals surface area (Å²) in [5.74, 6) is 0.160. The fourth-order valence-corrected chi connectivity index (χ4v) is 2.07. The highest BCUT2D eigenvalue weighted by atomic mass is 79.9. The molecule has 21 heavy (non-hydrogen) atoms. The normalized spacial score (nSPS) is 9.48. The van der Waals surface area contributed by atoms with Gasteiger partial charge in [0.1, 0.15) is 17.4 Å². The number of ether oxygens (including phenoxy) is 1. The molecular formula is C14H6BrN3O3. The Labute approximate surface area is 128 Å². The third kappa shape index (κ3) is 2.99. The van der Waals surface area contributed by atoms with Crippen molar-refractivity contribution in [3.63, 3.8) is 0 Å². The van der Waals surface area contributed by atoms with Crippen LogP contribution in [0.2, 0.25) is 0 Å². The number of hydrogen-bond acceptors (Lipinski definition) is 5. The molecule has 0 aliphatic rings. The van der Waals surface area contributed by atoms with Crippen molar-refractivity contribution < 1.29 is 9.66 Å². The number of nitro benzene ring substituents is 1. The highest BCUT2D eigenvalue weighted by Gasteiger charge is 2.18. The standard InChI is InChI=1S/C14H6BrN3O3/c15-11-2-1-3-13(10(11)8-17)21-14-5-4-9(7-16)6-12(14)18(19)20/h1-6H. The smallest absolute Gasteiger partial charge is 0.312 e. The molecule has 0 saturated heterocycles. The number of nitriles is 2. The maximum absolute atomic E-state index is 11.0. The number of nitro groups is 1. The van der Waals surface area contributed by atoms with Gasteiger partial charge >= 0.3 is 5.69 Å². The van der Waals surface area contributed by atoms with Crippen LogP contribution >= 0.6 is 15.9 Å². The SMILES string of the molecule is N#Cc1ccc(Oc2cccc(Br)c2C#N)c([N+](=O)[O-])c1. The number of hydrogen-bond donors (Lipinski definition) is 0. The quantitative estimate of drug-likeness (QED) is 0.621. The Hall–Kier alpha value is -2.90. The highest BCUT2D eigenvalue weighted by Crippen LogP contribution is 2.35. The van der Waals surface area contributed by atoms with Gasteiger partial charge in [0.25, 0.3) is 0 Å². The first-order valence-corrected chi connectivity index (χ1v) is 6.41. The van der Waals surface area contributed by atoms with Crippen LogP contribution in [0.15, 0.2) is 40.9 Å². The maximum Gasteiger partial charge on any atom is 0.312 e. The first-order chi connectivity index (χ1) is 10.1. The first kappa shape index (κ1) is 14.5. The summed E-state index contributed by atoms with van der Waals surface area (Å²) >= 11 is 3.21. The van der Waals surface area contributed by atoms with Crippen molar-refractivity contribution in [2.45, 2.75) is 0 Å². The zero-order chi connectivity index (χ0) is 15.4. The molecule has 102 valence electrons. The fraction of sp³-hybridized carbons (Fsp3) is 0. The molecule has 0 heterocycles. The van der Waals surface area contributed by atoms with E-state index in [0.29, 0.717) is 4.47 Å². The van der Waals surface area contributed by atoms with E-state index in [4.69, 9.17) is 15.3 Å². The topological polar surface area (TPSA) is 99.9 Å². The molecule has 0 amide bonds. The molecule has 0 unspecified atom stereocenters. The number of halogens is 1. The molecule has 0 aliphatic carbocycles. The molecule has 2 aromatic rings. The van der Waals surface area contributed by atoms with Crippen molar-refractivity contribution >= 4 is 21.6 Å². The van der Waals surface area contributed by atoms with Gasteiger partial charge in [-0.1, -0.05) is 6.07 Å². The number of benzene rings is 2. The van der Waals surface area contributed by atoms with Gasteiger partial charge in [-0.3, -0.25) is 10.1 Å². The largest absolute Gasteiger partial charge is 0.449 e. The van der Waals surface area contributed by atoms with Gasteiger partial charge in [0.05, 0.1) is 16.6 Å². The molecule has 0 aliphatic heterocycles. The van der Waals surface area contributed by atoms with Crippen molar-refractivity contribution in [3.8, 4) is 23.6 Å². The molecule has 0 bridgehead atoms. The van der Waals surface area contributed by atoms with E-state index in [0.717, 1.165) is 6.07 Å². The van der Waals surface area contributed by atoms with Gasteiger partial charge in [-0.25, -0.2) is 0 Å². The van der Waals surface area contributed by atoms with Crippen molar-refractivity contribution in [2.24, 2.45) is 0 Å². The van der Waals surface area contributed by atoms with E-state index in [2.05, 4.69) is 15.9 Å². The summed E-state index contributed by atoms with van der Waals surface area (Å²) in [4.78, 5) is 10.4. The molecule has 0 atom stereocenters. The predicted molar refractivity (Wildman–Crippen MR) is 76.7 cm³/mol. The second kappa shape index (κ2) is 6.04. The molecule has 0 fully saturated rings. The van der Waals surface area contributed by atoms with Gasteiger partial charge in [-0.2, -0.15) is 10.5 Å². The summed E-state index contributed by atoms with van der Waals surface area (Å²) in [6.07, 6.45) is 0. The number of rotatable bonds is 3. The Morgan fingerprint density at radius 1 is 1.14 bits per heavy atom. The van der Waals surface area contributed by atoms with E-state index in [1.807, 2.05) is 12.1 Å². The highest BCUT2D eigenvalue weighted by molar-refractivity contribution is 9.10. The van der Waals surface area contributed by atoms with Gasteiger partial charge in [0.15, 0.2) is 0 Å². The summed E-state index contributed by atoms with van der Waals surface area (Å²) in [5, 5.41) is 28.9. The van der Waals surface area contributed by atoms with Crippen LogP contribution in [-0.2, 0) is 0 Å². The Balaban J connectivity index is 2.51. The average molecular weight is 344 g/mol. The Bertz CT molecular complexity index is 806. The minimum atomic E-state index is -0.639. The third-order valence-corrected chi connectivity index (χ3v) is 3.25. The minimum absolute atomic E-state index is 0.0337. The lowest BCUT2D eigenvalue weighted by Gasteiger charge is -2.08. The van der Waals surface area contributed by atoms with Crippen LogP contribution in [0.3, 0.4) is 0 Å². The van der Waals surface area contributed by atoms with Crippen molar-refractivity contribution in [1.82, 2.24) is 0 Å². The zero-order valence-electron chi connectivity index (χ0n) is 10.4. The van der Waals surface area contributed by atoms with Gasteiger partial charge < -0.3 is 4.74 Å². The van der Waals surface area contributed by atoms with Crippen molar-refractivity contribution in [1.29, 1.82) is 10.5 Å². The molecule has 0 aromatic heterocycles. The van der Waals surface area contributed by atoms with Crippen LogP contribution in [0.1, 0.15) is 11.1 Å². The van der Waals surface area contributed by atoms with Crippen molar-refractivity contribution in [2.75, 3.05) is 0 Å². The summed E-state index contributed by atoms with van der Waals surface area (Å²) in [7, 11) is 0. The summed E-state index contributed by atoms with van der Waals surface area (Å²) in [6.45, 7) is 0. The Morgan fingerprint density at radius 3 is 2.52 bits per heavy atom. The van der Waals surface area contributed by atoms with Crippen LogP contribution in [0, 0.1) is 32.8 Å². The molecule has 0 saturated carbocycles. The molecular weight excluding hydrogens is 338 g/mol. The van der Waals surface area contributed by atoms with Gasteiger partial charge in [0.2, 0.25) is 5.75 Å². The Kier molecular flexibility index (Phi) is 4.17. The Morgan fingerprint density at radius 2 is 1.90 bits per heavy atom. The van der Waals surface area contributed by atoms with Gasteiger partial charge in [-0.15, -0.1) is 0 Å². The van der Waals surface area contributed by atoms with E-state index < -0.39 is 4.92 Å². The lowest BCUT2D eigenvalue weighted by molar-refractivity contribution is -0.385. The van der Waals surface area contributed by atoms with E-state index in [-0.39, 0.29) is 28.3 Å². The molecule has 2 aromatic carbocycles. The fourth-order valence-electron chi connectivity index (χ4n) is 1.63. The minimum Gasteiger partial charge on any atom is -0.449 e. The number of nitrogens with zero attached hydrogens (tertiary/aromatic N) is 3. The van der Waals surface area contributed by atoms with Crippen LogP contribution in [-0.4, -0.2) is 4.92 Å².